The lowest BCUT2D eigenvalue weighted by Gasteiger charge is -2.10. The highest BCUT2D eigenvalue weighted by Crippen LogP contribution is 2.22. The maximum absolute atomic E-state index is 13.7. The van der Waals surface area contributed by atoms with Gasteiger partial charge >= 0.3 is 0 Å². The van der Waals surface area contributed by atoms with Gasteiger partial charge in [0.05, 0.1) is 12.6 Å². The van der Waals surface area contributed by atoms with E-state index in [0.717, 1.165) is 16.5 Å². The number of fused-ring (bicyclic) bond motifs is 1. The van der Waals surface area contributed by atoms with Crippen molar-refractivity contribution in [1.82, 2.24) is 4.98 Å². The van der Waals surface area contributed by atoms with Gasteiger partial charge < -0.3 is 10.1 Å². The average Bonchev–Trinajstić information content (AvgIpc) is 2.53. The van der Waals surface area contributed by atoms with Crippen LogP contribution in [-0.2, 0) is 6.54 Å². The summed E-state index contributed by atoms with van der Waals surface area (Å²) >= 11 is 0. The number of nitrogens with zero attached hydrogens (tertiary/aromatic N) is 1. The molecule has 3 aromatic rings. The van der Waals surface area contributed by atoms with Crippen LogP contribution in [0.5, 0.6) is 5.75 Å². The second kappa shape index (κ2) is 5.79. The zero-order valence-corrected chi connectivity index (χ0v) is 11.6. The third kappa shape index (κ3) is 2.79. The number of para-hydroxylation sites is 1. The van der Waals surface area contributed by atoms with Crippen LogP contribution in [0, 0.1) is 5.82 Å². The van der Waals surface area contributed by atoms with Crippen LogP contribution < -0.4 is 10.1 Å². The lowest BCUT2D eigenvalue weighted by molar-refractivity contribution is 0.386. The van der Waals surface area contributed by atoms with Gasteiger partial charge in [0.25, 0.3) is 0 Å². The molecule has 106 valence electrons. The van der Waals surface area contributed by atoms with E-state index in [2.05, 4.69) is 10.3 Å². The largest absolute Gasteiger partial charge is 0.494 e. The van der Waals surface area contributed by atoms with Gasteiger partial charge in [0.1, 0.15) is 0 Å². The second-order valence-electron chi connectivity index (χ2n) is 4.69. The molecule has 0 atom stereocenters. The molecule has 0 saturated carbocycles. The molecule has 2 aromatic carbocycles. The molecule has 0 fully saturated rings. The van der Waals surface area contributed by atoms with Gasteiger partial charge in [-0.2, -0.15) is 0 Å². The van der Waals surface area contributed by atoms with Crippen molar-refractivity contribution in [3.63, 3.8) is 0 Å². The molecular formula is C17H15FN2O. The molecule has 1 aromatic heterocycles. The second-order valence-corrected chi connectivity index (χ2v) is 4.69. The highest BCUT2D eigenvalue weighted by molar-refractivity contribution is 5.82. The zero-order valence-electron chi connectivity index (χ0n) is 11.6. The first kappa shape index (κ1) is 13.4. The Morgan fingerprint density at radius 2 is 2.00 bits per heavy atom. The predicted molar refractivity (Wildman–Crippen MR) is 82.0 cm³/mol. The molecule has 0 saturated heterocycles. The zero-order chi connectivity index (χ0) is 14.7. The topological polar surface area (TPSA) is 34.1 Å². The first-order valence-corrected chi connectivity index (χ1v) is 6.68. The van der Waals surface area contributed by atoms with Gasteiger partial charge in [-0.1, -0.05) is 18.2 Å². The summed E-state index contributed by atoms with van der Waals surface area (Å²) in [5.41, 5.74) is 2.80. The van der Waals surface area contributed by atoms with E-state index in [9.17, 15) is 4.39 Å². The third-order valence-electron chi connectivity index (χ3n) is 3.37. The Hall–Kier alpha value is -2.62. The first-order valence-electron chi connectivity index (χ1n) is 6.68. The van der Waals surface area contributed by atoms with Crippen LogP contribution in [0.15, 0.2) is 54.7 Å². The van der Waals surface area contributed by atoms with Crippen LogP contribution >= 0.6 is 0 Å². The molecule has 0 aliphatic heterocycles. The highest BCUT2D eigenvalue weighted by atomic mass is 19.1. The van der Waals surface area contributed by atoms with Gasteiger partial charge in [-0.05, 0) is 29.8 Å². The highest BCUT2D eigenvalue weighted by Gasteiger charge is 2.04. The molecular weight excluding hydrogens is 267 g/mol. The van der Waals surface area contributed by atoms with Crippen molar-refractivity contribution in [3.8, 4) is 5.75 Å². The van der Waals surface area contributed by atoms with E-state index in [1.54, 1.807) is 18.3 Å². The van der Waals surface area contributed by atoms with E-state index >= 15 is 0 Å². The van der Waals surface area contributed by atoms with Crippen LogP contribution in [0.1, 0.15) is 5.56 Å². The number of anilines is 1. The summed E-state index contributed by atoms with van der Waals surface area (Å²) in [6.07, 6.45) is 1.79. The number of ether oxygens (including phenoxy) is 1. The fraction of sp³-hybridized carbons (Fsp3) is 0.118. The summed E-state index contributed by atoms with van der Waals surface area (Å²) in [5, 5.41) is 4.32. The van der Waals surface area contributed by atoms with Crippen LogP contribution in [0.25, 0.3) is 10.9 Å². The van der Waals surface area contributed by atoms with Gasteiger partial charge in [0.2, 0.25) is 0 Å². The molecule has 0 unspecified atom stereocenters. The molecule has 0 spiro atoms. The van der Waals surface area contributed by atoms with Crippen LogP contribution in [0.4, 0.5) is 10.1 Å². The van der Waals surface area contributed by atoms with Gasteiger partial charge in [-0.25, -0.2) is 4.39 Å². The predicted octanol–water partition coefficient (Wildman–Crippen LogP) is 3.99. The summed E-state index contributed by atoms with van der Waals surface area (Å²) < 4.78 is 18.6. The first-order chi connectivity index (χ1) is 10.3. The van der Waals surface area contributed by atoms with Crippen LogP contribution in [-0.4, -0.2) is 12.1 Å². The summed E-state index contributed by atoms with van der Waals surface area (Å²) in [5.74, 6) is -0.128. The molecule has 0 aliphatic rings. The summed E-state index contributed by atoms with van der Waals surface area (Å²) in [4.78, 5) is 4.33. The number of aromatic nitrogens is 1. The molecule has 1 heterocycles. The van der Waals surface area contributed by atoms with Crippen molar-refractivity contribution < 1.29 is 9.13 Å². The minimum absolute atomic E-state index is 0.245. The number of hydrogen-bond acceptors (Lipinski definition) is 3. The van der Waals surface area contributed by atoms with Crippen molar-refractivity contribution in [2.24, 2.45) is 0 Å². The van der Waals surface area contributed by atoms with Crippen molar-refractivity contribution in [2.45, 2.75) is 6.54 Å². The Bertz CT molecular complexity index is 768. The number of pyridine rings is 1. The van der Waals surface area contributed by atoms with E-state index in [1.165, 1.54) is 13.2 Å². The Balaban J connectivity index is 1.82. The van der Waals surface area contributed by atoms with Gasteiger partial charge in [-0.3, -0.25) is 4.98 Å². The van der Waals surface area contributed by atoms with Gasteiger partial charge in [0.15, 0.2) is 11.6 Å². The van der Waals surface area contributed by atoms with Crippen molar-refractivity contribution in [2.75, 3.05) is 12.4 Å². The van der Waals surface area contributed by atoms with Crippen LogP contribution in [0.3, 0.4) is 0 Å². The normalized spacial score (nSPS) is 10.6. The Labute approximate surface area is 122 Å². The number of benzene rings is 2. The minimum Gasteiger partial charge on any atom is -0.494 e. The minimum atomic E-state index is -0.373. The van der Waals surface area contributed by atoms with Gasteiger partial charge in [0, 0.05) is 29.9 Å². The lowest BCUT2D eigenvalue weighted by Crippen LogP contribution is -2.01. The Morgan fingerprint density at radius 3 is 2.81 bits per heavy atom. The summed E-state index contributed by atoms with van der Waals surface area (Å²) in [6.45, 7) is 0.606. The molecule has 0 bridgehead atoms. The van der Waals surface area contributed by atoms with Crippen molar-refractivity contribution in [1.29, 1.82) is 0 Å². The SMILES string of the molecule is COc1ccc(NCc2ccnc3ccccc23)cc1F. The number of rotatable bonds is 4. The summed E-state index contributed by atoms with van der Waals surface area (Å²) in [6, 6.07) is 14.8. The number of nitrogens with one attached hydrogen (secondary N) is 1. The molecule has 1 N–H and O–H groups in total. The molecule has 0 radical (unpaired) electrons. The van der Waals surface area contributed by atoms with E-state index in [1.807, 2.05) is 30.3 Å². The fourth-order valence-electron chi connectivity index (χ4n) is 2.28. The van der Waals surface area contributed by atoms with Crippen molar-refractivity contribution >= 4 is 16.6 Å². The molecule has 4 heteroatoms. The third-order valence-corrected chi connectivity index (χ3v) is 3.37. The average molecular weight is 282 g/mol. The molecule has 3 rings (SSSR count). The quantitative estimate of drug-likeness (QED) is 0.785. The van der Waals surface area contributed by atoms with Crippen molar-refractivity contribution in [3.05, 3.63) is 66.1 Å². The number of halogens is 1. The number of hydrogen-bond donors (Lipinski definition) is 1. The fourth-order valence-corrected chi connectivity index (χ4v) is 2.28. The molecule has 3 nitrogen and oxygen atoms in total. The molecule has 21 heavy (non-hydrogen) atoms. The van der Waals surface area contributed by atoms with Gasteiger partial charge in [-0.15, -0.1) is 0 Å². The Morgan fingerprint density at radius 1 is 1.14 bits per heavy atom. The Kier molecular flexibility index (Phi) is 3.69. The smallest absolute Gasteiger partial charge is 0.167 e. The van der Waals surface area contributed by atoms with E-state index < -0.39 is 0 Å². The maximum Gasteiger partial charge on any atom is 0.167 e. The van der Waals surface area contributed by atoms with Crippen LogP contribution in [0.2, 0.25) is 0 Å². The summed E-state index contributed by atoms with van der Waals surface area (Å²) in [7, 11) is 1.45. The number of methoxy groups -OCH3 is 1. The lowest BCUT2D eigenvalue weighted by atomic mass is 10.1. The molecule has 0 aliphatic carbocycles. The monoisotopic (exact) mass is 282 g/mol. The van der Waals surface area contributed by atoms with E-state index in [4.69, 9.17) is 4.74 Å². The van der Waals surface area contributed by atoms with E-state index in [0.29, 0.717) is 12.2 Å². The standard InChI is InChI=1S/C17H15FN2O/c1-21-17-7-6-13(10-15(17)18)20-11-12-8-9-19-16-5-3-2-4-14(12)16/h2-10,20H,11H2,1H3. The van der Waals surface area contributed by atoms with E-state index in [-0.39, 0.29) is 11.6 Å². The molecule has 0 amide bonds. The maximum atomic E-state index is 13.7.